The van der Waals surface area contributed by atoms with Gasteiger partial charge in [0, 0.05) is 35.5 Å². The average Bonchev–Trinajstić information content (AvgIpc) is 3.14. The number of nitrogens with zero attached hydrogens (tertiary/aromatic N) is 1. The predicted molar refractivity (Wildman–Crippen MR) is 121 cm³/mol. The monoisotopic (exact) mass is 422 g/mol. The maximum absolute atomic E-state index is 12.6. The van der Waals surface area contributed by atoms with Crippen LogP contribution in [0.2, 0.25) is 0 Å². The molecule has 0 bridgehead atoms. The molecule has 5 nitrogen and oxygen atoms in total. The van der Waals surface area contributed by atoms with Gasteiger partial charge in [-0.05, 0) is 49.6 Å². The van der Waals surface area contributed by atoms with Crippen LogP contribution in [0.25, 0.3) is 11.5 Å². The van der Waals surface area contributed by atoms with E-state index in [1.807, 2.05) is 61.2 Å². The molecule has 0 saturated carbocycles. The summed E-state index contributed by atoms with van der Waals surface area (Å²) in [5.41, 5.74) is 3.60. The van der Waals surface area contributed by atoms with Crippen LogP contribution in [0.15, 0.2) is 59.0 Å². The lowest BCUT2D eigenvalue weighted by Gasteiger charge is -2.21. The molecule has 0 unspecified atom stereocenters. The fraction of sp³-hybridized carbons (Fsp3) is 0.333. The molecule has 0 radical (unpaired) electrons. The molecule has 0 aliphatic carbocycles. The van der Waals surface area contributed by atoms with Gasteiger partial charge in [0.25, 0.3) is 0 Å². The summed E-state index contributed by atoms with van der Waals surface area (Å²) in [6.07, 6.45) is 2.41. The lowest BCUT2D eigenvalue weighted by Crippen LogP contribution is -2.17. The Morgan fingerprint density at radius 3 is 2.73 bits per heavy atom. The summed E-state index contributed by atoms with van der Waals surface area (Å²) in [6, 6.07) is 17.8. The standard InChI is InChI=1S/C24H26N2O3S/c1-17-22(26-24(29-17)19-7-3-2-4-8-19)15-23(27)25-20-9-5-6-18(14-20)16-30-21-10-12-28-13-11-21/h2-9,14,21H,10-13,15-16H2,1H3,(H,25,27). The van der Waals surface area contributed by atoms with E-state index >= 15 is 0 Å². The van der Waals surface area contributed by atoms with Crippen LogP contribution in [0.3, 0.4) is 0 Å². The van der Waals surface area contributed by atoms with E-state index in [9.17, 15) is 4.79 Å². The predicted octanol–water partition coefficient (Wildman–Crippen LogP) is 5.24. The third-order valence-electron chi connectivity index (χ3n) is 5.11. The first kappa shape index (κ1) is 20.7. The van der Waals surface area contributed by atoms with Crippen molar-refractivity contribution in [2.45, 2.75) is 37.2 Å². The van der Waals surface area contributed by atoms with Crippen LogP contribution in [0.4, 0.5) is 5.69 Å². The van der Waals surface area contributed by atoms with Gasteiger partial charge in [0.1, 0.15) is 5.76 Å². The SMILES string of the molecule is Cc1oc(-c2ccccc2)nc1CC(=O)Nc1cccc(CSC2CCOCC2)c1. The molecule has 30 heavy (non-hydrogen) atoms. The highest BCUT2D eigenvalue weighted by Crippen LogP contribution is 2.27. The molecule has 1 N–H and O–H groups in total. The van der Waals surface area contributed by atoms with Gasteiger partial charge in [0.05, 0.1) is 12.1 Å². The van der Waals surface area contributed by atoms with E-state index < -0.39 is 0 Å². The second-order valence-electron chi connectivity index (χ2n) is 7.44. The van der Waals surface area contributed by atoms with Crippen molar-refractivity contribution in [2.75, 3.05) is 18.5 Å². The zero-order chi connectivity index (χ0) is 20.8. The molecule has 1 fully saturated rings. The normalized spacial score (nSPS) is 14.6. The molecule has 0 atom stereocenters. The lowest BCUT2D eigenvalue weighted by atomic mass is 10.2. The number of anilines is 1. The van der Waals surface area contributed by atoms with Crippen LogP contribution in [0.1, 0.15) is 29.9 Å². The number of benzene rings is 2. The Morgan fingerprint density at radius 2 is 1.93 bits per heavy atom. The number of amides is 1. The molecule has 2 aromatic carbocycles. The molecule has 6 heteroatoms. The van der Waals surface area contributed by atoms with Crippen LogP contribution in [0.5, 0.6) is 0 Å². The Labute approximate surface area is 181 Å². The number of nitrogens with one attached hydrogen (secondary N) is 1. The van der Waals surface area contributed by atoms with Gasteiger partial charge >= 0.3 is 0 Å². The van der Waals surface area contributed by atoms with Gasteiger partial charge in [0.2, 0.25) is 11.8 Å². The fourth-order valence-corrected chi connectivity index (χ4v) is 4.58. The van der Waals surface area contributed by atoms with E-state index in [0.29, 0.717) is 22.6 Å². The number of hydrogen-bond donors (Lipinski definition) is 1. The fourth-order valence-electron chi connectivity index (χ4n) is 3.45. The molecule has 4 rings (SSSR count). The number of carbonyl (C=O) groups excluding carboxylic acids is 1. The second kappa shape index (κ2) is 9.96. The van der Waals surface area contributed by atoms with Crippen LogP contribution < -0.4 is 5.32 Å². The Balaban J connectivity index is 1.34. The number of oxazole rings is 1. The molecule has 1 aliphatic heterocycles. The summed E-state index contributed by atoms with van der Waals surface area (Å²) in [6.45, 7) is 3.57. The third-order valence-corrected chi connectivity index (χ3v) is 6.55. The van der Waals surface area contributed by atoms with Gasteiger partial charge in [-0.1, -0.05) is 30.3 Å². The van der Waals surface area contributed by atoms with Gasteiger partial charge in [-0.15, -0.1) is 0 Å². The molecule has 156 valence electrons. The third kappa shape index (κ3) is 5.52. The zero-order valence-corrected chi connectivity index (χ0v) is 17.9. The number of aromatic nitrogens is 1. The van der Waals surface area contributed by atoms with Gasteiger partial charge in [-0.25, -0.2) is 4.98 Å². The number of carbonyl (C=O) groups is 1. The largest absolute Gasteiger partial charge is 0.441 e. The van der Waals surface area contributed by atoms with Gasteiger partial charge in [-0.2, -0.15) is 11.8 Å². The smallest absolute Gasteiger partial charge is 0.230 e. The Morgan fingerprint density at radius 1 is 1.13 bits per heavy atom. The quantitative estimate of drug-likeness (QED) is 0.564. The lowest BCUT2D eigenvalue weighted by molar-refractivity contribution is -0.115. The highest BCUT2D eigenvalue weighted by atomic mass is 32.2. The van der Waals surface area contributed by atoms with Crippen LogP contribution >= 0.6 is 11.8 Å². The maximum Gasteiger partial charge on any atom is 0.230 e. The van der Waals surface area contributed by atoms with Crippen molar-refractivity contribution in [1.82, 2.24) is 4.98 Å². The van der Waals surface area contributed by atoms with Gasteiger partial charge in [0.15, 0.2) is 0 Å². The Hall–Kier alpha value is -2.57. The van der Waals surface area contributed by atoms with E-state index in [4.69, 9.17) is 9.15 Å². The molecular formula is C24H26N2O3S. The molecular weight excluding hydrogens is 396 g/mol. The van der Waals surface area contributed by atoms with Crippen LogP contribution in [-0.2, 0) is 21.7 Å². The summed E-state index contributed by atoms with van der Waals surface area (Å²) < 4.78 is 11.2. The van der Waals surface area contributed by atoms with Crippen molar-refractivity contribution in [3.8, 4) is 11.5 Å². The number of aryl methyl sites for hydroxylation is 1. The summed E-state index contributed by atoms with van der Waals surface area (Å²) in [5.74, 6) is 2.06. The minimum absolute atomic E-state index is 0.0970. The molecule has 1 aromatic heterocycles. The van der Waals surface area contributed by atoms with Gasteiger partial charge in [-0.3, -0.25) is 4.79 Å². The van der Waals surface area contributed by atoms with Crippen molar-refractivity contribution in [1.29, 1.82) is 0 Å². The van der Waals surface area contributed by atoms with E-state index in [1.54, 1.807) is 0 Å². The van der Waals surface area contributed by atoms with Crippen molar-refractivity contribution in [3.63, 3.8) is 0 Å². The summed E-state index contributed by atoms with van der Waals surface area (Å²) in [4.78, 5) is 17.1. The molecule has 0 spiro atoms. The molecule has 3 aromatic rings. The van der Waals surface area contributed by atoms with Crippen molar-refractivity contribution in [2.24, 2.45) is 0 Å². The highest BCUT2D eigenvalue weighted by molar-refractivity contribution is 7.99. The van der Waals surface area contributed by atoms with Crippen molar-refractivity contribution < 1.29 is 13.9 Å². The van der Waals surface area contributed by atoms with Crippen LogP contribution in [0, 0.1) is 6.92 Å². The Kier molecular flexibility index (Phi) is 6.87. The van der Waals surface area contributed by atoms with Gasteiger partial charge < -0.3 is 14.5 Å². The van der Waals surface area contributed by atoms with Crippen molar-refractivity contribution in [3.05, 3.63) is 71.6 Å². The van der Waals surface area contributed by atoms with Crippen molar-refractivity contribution >= 4 is 23.4 Å². The number of thioether (sulfide) groups is 1. The highest BCUT2D eigenvalue weighted by Gasteiger charge is 2.16. The average molecular weight is 423 g/mol. The second-order valence-corrected chi connectivity index (χ2v) is 8.72. The van der Waals surface area contributed by atoms with E-state index in [1.165, 1.54) is 5.56 Å². The summed E-state index contributed by atoms with van der Waals surface area (Å²) >= 11 is 1.97. The molecule has 1 aliphatic rings. The molecule has 2 heterocycles. The Bertz CT molecular complexity index is 981. The summed E-state index contributed by atoms with van der Waals surface area (Å²) in [5, 5.41) is 3.65. The summed E-state index contributed by atoms with van der Waals surface area (Å²) in [7, 11) is 0. The van der Waals surface area contributed by atoms with E-state index in [-0.39, 0.29) is 12.3 Å². The minimum Gasteiger partial charge on any atom is -0.441 e. The first-order chi connectivity index (χ1) is 14.7. The van der Waals surface area contributed by atoms with E-state index in [2.05, 4.69) is 22.4 Å². The molecule has 1 amide bonds. The minimum atomic E-state index is -0.0970. The number of rotatable bonds is 7. The first-order valence-electron chi connectivity index (χ1n) is 10.3. The number of ether oxygens (including phenoxy) is 1. The first-order valence-corrected chi connectivity index (χ1v) is 11.3. The maximum atomic E-state index is 12.6. The van der Waals surface area contributed by atoms with E-state index in [0.717, 1.165) is 43.1 Å². The van der Waals surface area contributed by atoms with Crippen LogP contribution in [-0.4, -0.2) is 29.4 Å². The topological polar surface area (TPSA) is 64.4 Å². The molecule has 1 saturated heterocycles. The number of hydrogen-bond acceptors (Lipinski definition) is 5. The zero-order valence-electron chi connectivity index (χ0n) is 17.1.